The van der Waals surface area contributed by atoms with Crippen molar-refractivity contribution in [3.05, 3.63) is 212 Å². The molecule has 0 radical (unpaired) electrons. The molecule has 3 aromatic heterocycles. The Bertz CT molecular complexity index is 3560. The van der Waals surface area contributed by atoms with E-state index in [1.165, 1.54) is 11.1 Å². The summed E-state index contributed by atoms with van der Waals surface area (Å²) in [6.45, 7) is 0. The molecule has 0 saturated heterocycles. The molecule has 0 unspecified atom stereocenters. The summed E-state index contributed by atoms with van der Waals surface area (Å²) >= 11 is 0. The van der Waals surface area contributed by atoms with Crippen molar-refractivity contribution in [1.82, 2.24) is 15.0 Å². The fourth-order valence-corrected chi connectivity index (χ4v) is 8.74. The van der Waals surface area contributed by atoms with Crippen LogP contribution in [-0.4, -0.2) is 15.0 Å². The fourth-order valence-electron chi connectivity index (χ4n) is 8.74. The summed E-state index contributed by atoms with van der Waals surface area (Å²) < 4.78 is 13.0. The molecule has 12 rings (SSSR count). The molecule has 0 aliphatic carbocycles. The van der Waals surface area contributed by atoms with Gasteiger partial charge >= 0.3 is 0 Å². The van der Waals surface area contributed by atoms with Crippen LogP contribution in [0.3, 0.4) is 0 Å². The van der Waals surface area contributed by atoms with Gasteiger partial charge in [-0.3, -0.25) is 0 Å². The molecule has 62 heavy (non-hydrogen) atoms. The summed E-state index contributed by atoms with van der Waals surface area (Å²) in [5.41, 5.74) is 14.8. The Hall–Kier alpha value is -8.41. The summed E-state index contributed by atoms with van der Waals surface area (Å²) in [7, 11) is 0. The van der Waals surface area contributed by atoms with Gasteiger partial charge in [-0.1, -0.05) is 158 Å². The first-order valence-corrected chi connectivity index (χ1v) is 20.7. The lowest BCUT2D eigenvalue weighted by atomic mass is 9.92. The van der Waals surface area contributed by atoms with Gasteiger partial charge in [-0.15, -0.1) is 0 Å². The van der Waals surface area contributed by atoms with Crippen molar-refractivity contribution < 1.29 is 8.83 Å². The number of nitrogens with zero attached hydrogens (tertiary/aromatic N) is 3. The Labute approximate surface area is 357 Å². The van der Waals surface area contributed by atoms with Crippen LogP contribution in [0.2, 0.25) is 0 Å². The number of hydrogen-bond donors (Lipinski definition) is 0. The minimum atomic E-state index is 0.555. The van der Waals surface area contributed by atoms with Crippen molar-refractivity contribution in [1.29, 1.82) is 0 Å². The van der Waals surface area contributed by atoms with Crippen molar-refractivity contribution in [3.8, 4) is 78.7 Å². The molecular formula is C57H35N3O2. The minimum absolute atomic E-state index is 0.555. The molecule has 0 spiro atoms. The quantitative estimate of drug-likeness (QED) is 0.161. The molecule has 0 N–H and O–H groups in total. The van der Waals surface area contributed by atoms with Crippen molar-refractivity contribution >= 4 is 43.9 Å². The second-order valence-corrected chi connectivity index (χ2v) is 15.6. The zero-order valence-corrected chi connectivity index (χ0v) is 33.4. The van der Waals surface area contributed by atoms with Gasteiger partial charge in [-0.05, 0) is 99.1 Å². The average Bonchev–Trinajstić information content (AvgIpc) is 3.93. The summed E-state index contributed by atoms with van der Waals surface area (Å²) in [5.74, 6) is 1.70. The van der Waals surface area contributed by atoms with Crippen LogP contribution in [0.1, 0.15) is 0 Å². The Morgan fingerprint density at radius 2 is 0.613 bits per heavy atom. The molecule has 0 fully saturated rings. The predicted octanol–water partition coefficient (Wildman–Crippen LogP) is 15.3. The number of furan rings is 2. The highest BCUT2D eigenvalue weighted by atomic mass is 16.3. The van der Waals surface area contributed by atoms with Gasteiger partial charge in [0, 0.05) is 38.2 Å². The zero-order chi connectivity index (χ0) is 41.0. The third-order valence-corrected chi connectivity index (χ3v) is 11.7. The Morgan fingerprint density at radius 3 is 1.06 bits per heavy atom. The molecule has 12 aromatic rings. The van der Waals surface area contributed by atoms with Crippen molar-refractivity contribution in [2.45, 2.75) is 0 Å². The van der Waals surface area contributed by atoms with Gasteiger partial charge < -0.3 is 8.83 Å². The van der Waals surface area contributed by atoms with Crippen LogP contribution < -0.4 is 0 Å². The minimum Gasteiger partial charge on any atom is -0.456 e. The van der Waals surface area contributed by atoms with Gasteiger partial charge in [-0.2, -0.15) is 0 Å². The van der Waals surface area contributed by atoms with Crippen LogP contribution in [-0.2, 0) is 0 Å². The van der Waals surface area contributed by atoms with E-state index in [2.05, 4.69) is 152 Å². The molecule has 9 aromatic carbocycles. The van der Waals surface area contributed by atoms with E-state index in [0.717, 1.165) is 93.9 Å². The molecule has 0 aliphatic heterocycles. The van der Waals surface area contributed by atoms with Crippen LogP contribution in [0, 0.1) is 0 Å². The van der Waals surface area contributed by atoms with Gasteiger partial charge in [0.25, 0.3) is 0 Å². The number of fused-ring (bicyclic) bond motifs is 6. The maximum atomic E-state index is 6.58. The average molecular weight is 794 g/mol. The van der Waals surface area contributed by atoms with Gasteiger partial charge in [0.15, 0.2) is 17.5 Å². The molecule has 0 saturated carbocycles. The van der Waals surface area contributed by atoms with E-state index in [0.29, 0.717) is 17.5 Å². The fraction of sp³-hybridized carbons (Fsp3) is 0. The van der Waals surface area contributed by atoms with Crippen LogP contribution in [0.5, 0.6) is 0 Å². The van der Waals surface area contributed by atoms with E-state index in [1.807, 2.05) is 60.7 Å². The highest BCUT2D eigenvalue weighted by molar-refractivity contribution is 6.14. The molecular weight excluding hydrogens is 759 g/mol. The molecule has 0 atom stereocenters. The SMILES string of the molecule is c1ccc(-c2cc(-c3ccccc3)cc(-c3ccc4oc5cccc(-c6nc(-c7ccccc7)nc(-c7cccc8oc9ccc(-c%10ccccc%10)cc9c78)n6)c5c4c3)c2)cc1. The topological polar surface area (TPSA) is 65.0 Å². The number of rotatable bonds is 7. The van der Waals surface area contributed by atoms with Crippen molar-refractivity contribution in [3.63, 3.8) is 0 Å². The van der Waals surface area contributed by atoms with Gasteiger partial charge in [0.1, 0.15) is 22.3 Å². The molecule has 290 valence electrons. The number of benzene rings is 9. The lowest BCUT2D eigenvalue weighted by Gasteiger charge is -2.12. The molecule has 5 heteroatoms. The van der Waals surface area contributed by atoms with E-state index in [1.54, 1.807) is 0 Å². The van der Waals surface area contributed by atoms with E-state index in [9.17, 15) is 0 Å². The number of hydrogen-bond acceptors (Lipinski definition) is 5. The first-order chi connectivity index (χ1) is 30.7. The highest BCUT2D eigenvalue weighted by Gasteiger charge is 2.21. The highest BCUT2D eigenvalue weighted by Crippen LogP contribution is 2.42. The first kappa shape index (κ1) is 35.5. The van der Waals surface area contributed by atoms with Crippen LogP contribution in [0.25, 0.3) is 123 Å². The second-order valence-electron chi connectivity index (χ2n) is 15.6. The van der Waals surface area contributed by atoms with Gasteiger partial charge in [0.2, 0.25) is 0 Å². The molecule has 3 heterocycles. The molecule has 0 amide bonds. The van der Waals surface area contributed by atoms with Crippen LogP contribution >= 0.6 is 0 Å². The zero-order valence-electron chi connectivity index (χ0n) is 33.4. The lowest BCUT2D eigenvalue weighted by molar-refractivity contribution is 0.668. The molecule has 0 bridgehead atoms. The van der Waals surface area contributed by atoms with E-state index in [-0.39, 0.29) is 0 Å². The summed E-state index contributed by atoms with van der Waals surface area (Å²) in [4.78, 5) is 15.7. The molecule has 0 aliphatic rings. The third-order valence-electron chi connectivity index (χ3n) is 11.7. The first-order valence-electron chi connectivity index (χ1n) is 20.7. The largest absolute Gasteiger partial charge is 0.456 e. The van der Waals surface area contributed by atoms with Crippen molar-refractivity contribution in [2.75, 3.05) is 0 Å². The smallest absolute Gasteiger partial charge is 0.164 e. The monoisotopic (exact) mass is 793 g/mol. The molecule has 5 nitrogen and oxygen atoms in total. The Morgan fingerprint density at radius 1 is 0.242 bits per heavy atom. The Kier molecular flexibility index (Phi) is 8.42. The number of aromatic nitrogens is 3. The van der Waals surface area contributed by atoms with E-state index in [4.69, 9.17) is 23.8 Å². The van der Waals surface area contributed by atoms with E-state index < -0.39 is 0 Å². The maximum absolute atomic E-state index is 6.58. The summed E-state index contributed by atoms with van der Waals surface area (Å²) in [5, 5.41) is 3.89. The van der Waals surface area contributed by atoms with Gasteiger partial charge in [-0.25, -0.2) is 15.0 Å². The summed E-state index contributed by atoms with van der Waals surface area (Å²) in [6.07, 6.45) is 0. The lowest BCUT2D eigenvalue weighted by Crippen LogP contribution is -2.00. The summed E-state index contributed by atoms with van der Waals surface area (Å²) in [6, 6.07) is 73.5. The standard InChI is InChI=1S/C57H35N3O2/c1-5-15-36(16-6-1)40-27-29-49-47(34-40)53-45(23-13-25-51(53)61-49)56-58-55(39-21-11-4-12-22-39)59-57(60-56)46-24-14-26-52-54(46)48-35-41(28-30-50(48)62-52)44-32-42(37-17-7-2-8-18-37)31-43(33-44)38-19-9-3-10-20-38/h1-35H. The maximum Gasteiger partial charge on any atom is 0.164 e. The van der Waals surface area contributed by atoms with Crippen molar-refractivity contribution in [2.24, 2.45) is 0 Å². The predicted molar refractivity (Wildman–Crippen MR) is 252 cm³/mol. The third kappa shape index (κ3) is 6.23. The van der Waals surface area contributed by atoms with Gasteiger partial charge in [0.05, 0.1) is 0 Å². The van der Waals surface area contributed by atoms with E-state index >= 15 is 0 Å². The normalized spacial score (nSPS) is 11.5. The second kappa shape index (κ2) is 14.7. The van der Waals surface area contributed by atoms with Crippen LogP contribution in [0.15, 0.2) is 221 Å². The Balaban J connectivity index is 1.06. The van der Waals surface area contributed by atoms with Crippen LogP contribution in [0.4, 0.5) is 0 Å².